The van der Waals surface area contributed by atoms with Crippen LogP contribution in [0.3, 0.4) is 0 Å². The fourth-order valence-electron chi connectivity index (χ4n) is 2.22. The zero-order valence-electron chi connectivity index (χ0n) is 12.3. The molecule has 114 valence electrons. The van der Waals surface area contributed by atoms with Crippen LogP contribution in [0.2, 0.25) is 5.02 Å². The van der Waals surface area contributed by atoms with E-state index < -0.39 is 0 Å². The first-order valence-corrected chi connectivity index (χ1v) is 7.21. The molecule has 0 saturated heterocycles. The Morgan fingerprint density at radius 2 is 1.82 bits per heavy atom. The summed E-state index contributed by atoms with van der Waals surface area (Å²) < 4.78 is 11.0. The lowest BCUT2D eigenvalue weighted by molar-refractivity contribution is 0.409. The van der Waals surface area contributed by atoms with Crippen molar-refractivity contribution in [3.05, 3.63) is 47.5 Å². The minimum Gasteiger partial charge on any atom is -0.497 e. The summed E-state index contributed by atoms with van der Waals surface area (Å²) in [5, 5.41) is 4.72. The first kappa shape index (κ1) is 14.5. The lowest BCUT2D eigenvalue weighted by Gasteiger charge is -2.17. The Morgan fingerprint density at radius 3 is 2.45 bits per heavy atom. The van der Waals surface area contributed by atoms with E-state index in [-0.39, 0.29) is 0 Å². The second-order valence-electron chi connectivity index (χ2n) is 4.83. The van der Waals surface area contributed by atoms with E-state index in [2.05, 4.69) is 15.4 Å². The maximum absolute atomic E-state index is 6.04. The Balaban J connectivity index is 1.76. The maximum atomic E-state index is 6.04. The molecule has 0 unspecified atom stereocenters. The number of anilines is 1. The summed E-state index contributed by atoms with van der Waals surface area (Å²) in [5.41, 5.74) is 4.01. The second-order valence-corrected chi connectivity index (χ2v) is 5.26. The normalized spacial score (nSPS) is 13.6. The number of hydrazone groups is 1. The number of rotatable bonds is 4. The van der Waals surface area contributed by atoms with E-state index in [0.29, 0.717) is 23.2 Å². The van der Waals surface area contributed by atoms with Gasteiger partial charge in [-0.3, -0.25) is 5.43 Å². The van der Waals surface area contributed by atoms with Gasteiger partial charge in [-0.2, -0.15) is 5.10 Å². The Bertz CT molecular complexity index is 701. The lowest BCUT2D eigenvalue weighted by atomic mass is 10.2. The fourth-order valence-corrected chi connectivity index (χ4v) is 2.43. The van der Waals surface area contributed by atoms with Crippen molar-refractivity contribution in [3.8, 4) is 17.2 Å². The van der Waals surface area contributed by atoms with E-state index in [9.17, 15) is 0 Å². The van der Waals surface area contributed by atoms with Crippen LogP contribution < -0.4 is 19.8 Å². The molecule has 0 bridgehead atoms. The van der Waals surface area contributed by atoms with Crippen LogP contribution in [0.5, 0.6) is 17.2 Å². The van der Waals surface area contributed by atoms with Gasteiger partial charge in [-0.1, -0.05) is 11.6 Å². The van der Waals surface area contributed by atoms with Crippen molar-refractivity contribution >= 4 is 23.1 Å². The van der Waals surface area contributed by atoms with E-state index in [1.807, 2.05) is 31.2 Å². The highest BCUT2D eigenvalue weighted by molar-refractivity contribution is 6.30. The van der Waals surface area contributed by atoms with Crippen molar-refractivity contribution < 1.29 is 9.47 Å². The average Bonchev–Trinajstić information content (AvgIpc) is 2.93. The number of nitrogens with one attached hydrogen (secondary N) is 1. The van der Waals surface area contributed by atoms with Gasteiger partial charge < -0.3 is 14.4 Å². The minimum absolute atomic E-state index is 0.570. The summed E-state index contributed by atoms with van der Waals surface area (Å²) in [6.07, 6.45) is 0. The summed E-state index contributed by atoms with van der Waals surface area (Å²) in [6, 6.07) is 13.1. The standard InChI is InChI=1S/C16H16ClN3O2/c1-11-19-18-10-20(11)13-3-5-14(6-4-13)22-16-8-12(17)7-15(9-16)21-2/h3-9,18H,10H2,1-2H3. The summed E-state index contributed by atoms with van der Waals surface area (Å²) in [7, 11) is 1.60. The van der Waals surface area contributed by atoms with Gasteiger partial charge in [-0.05, 0) is 43.3 Å². The molecule has 3 rings (SSSR count). The molecular weight excluding hydrogens is 302 g/mol. The van der Waals surface area contributed by atoms with Crippen molar-refractivity contribution in [2.45, 2.75) is 6.92 Å². The molecule has 2 aromatic carbocycles. The third-order valence-corrected chi connectivity index (χ3v) is 3.54. The molecule has 0 aromatic heterocycles. The van der Waals surface area contributed by atoms with Crippen LogP contribution in [0.15, 0.2) is 47.6 Å². The van der Waals surface area contributed by atoms with Crippen LogP contribution in [-0.2, 0) is 0 Å². The summed E-state index contributed by atoms with van der Waals surface area (Å²) in [6.45, 7) is 2.64. The van der Waals surface area contributed by atoms with Gasteiger partial charge in [0, 0.05) is 16.8 Å². The monoisotopic (exact) mass is 317 g/mol. The van der Waals surface area contributed by atoms with Crippen molar-refractivity contribution in [3.63, 3.8) is 0 Å². The number of ether oxygens (including phenoxy) is 2. The third kappa shape index (κ3) is 3.09. The van der Waals surface area contributed by atoms with Crippen LogP contribution >= 0.6 is 11.6 Å². The van der Waals surface area contributed by atoms with Gasteiger partial charge in [-0.15, -0.1) is 0 Å². The van der Waals surface area contributed by atoms with Crippen LogP contribution in [0.4, 0.5) is 5.69 Å². The number of hydrogen-bond acceptors (Lipinski definition) is 5. The zero-order valence-corrected chi connectivity index (χ0v) is 13.1. The van der Waals surface area contributed by atoms with Crippen molar-refractivity contribution in [2.75, 3.05) is 18.7 Å². The van der Waals surface area contributed by atoms with Gasteiger partial charge in [0.1, 0.15) is 29.8 Å². The fraction of sp³-hybridized carbons (Fsp3) is 0.188. The highest BCUT2D eigenvalue weighted by Crippen LogP contribution is 2.30. The molecule has 1 aliphatic rings. The van der Waals surface area contributed by atoms with Crippen LogP contribution in [0.1, 0.15) is 6.92 Å². The molecular formula is C16H16ClN3O2. The summed E-state index contributed by atoms with van der Waals surface area (Å²) in [5.74, 6) is 2.97. The second kappa shape index (κ2) is 6.15. The summed E-state index contributed by atoms with van der Waals surface area (Å²) in [4.78, 5) is 2.08. The van der Waals surface area contributed by atoms with E-state index in [1.54, 1.807) is 25.3 Å². The SMILES string of the molecule is COc1cc(Cl)cc(Oc2ccc(N3CNN=C3C)cc2)c1. The minimum atomic E-state index is 0.570. The zero-order chi connectivity index (χ0) is 15.5. The van der Waals surface area contributed by atoms with Crippen molar-refractivity contribution in [2.24, 2.45) is 5.10 Å². The van der Waals surface area contributed by atoms with Gasteiger partial charge in [0.2, 0.25) is 0 Å². The van der Waals surface area contributed by atoms with Gasteiger partial charge in [-0.25, -0.2) is 0 Å². The number of benzene rings is 2. The molecule has 0 radical (unpaired) electrons. The summed E-state index contributed by atoms with van der Waals surface area (Å²) >= 11 is 6.04. The number of hydrogen-bond donors (Lipinski definition) is 1. The lowest BCUT2D eigenvalue weighted by Crippen LogP contribution is -2.27. The molecule has 0 spiro atoms. The molecule has 0 saturated carbocycles. The molecule has 0 aliphatic carbocycles. The predicted molar refractivity (Wildman–Crippen MR) is 88.1 cm³/mol. The largest absolute Gasteiger partial charge is 0.497 e. The van der Waals surface area contributed by atoms with E-state index in [4.69, 9.17) is 21.1 Å². The first-order valence-electron chi connectivity index (χ1n) is 6.83. The van der Waals surface area contributed by atoms with Gasteiger partial charge in [0.25, 0.3) is 0 Å². The molecule has 22 heavy (non-hydrogen) atoms. The van der Waals surface area contributed by atoms with Crippen LogP contribution in [0.25, 0.3) is 0 Å². The Hall–Kier alpha value is -2.40. The highest BCUT2D eigenvalue weighted by atomic mass is 35.5. The molecule has 0 atom stereocenters. The Kier molecular flexibility index (Phi) is 4.06. The maximum Gasteiger partial charge on any atom is 0.132 e. The van der Waals surface area contributed by atoms with Gasteiger partial charge in [0.05, 0.1) is 7.11 Å². The number of nitrogens with zero attached hydrogens (tertiary/aromatic N) is 2. The van der Waals surface area contributed by atoms with Crippen LogP contribution in [-0.4, -0.2) is 19.6 Å². The number of halogens is 1. The number of amidine groups is 1. The molecule has 1 aliphatic heterocycles. The molecule has 6 heteroatoms. The molecule has 2 aromatic rings. The van der Waals surface area contributed by atoms with Crippen molar-refractivity contribution in [1.29, 1.82) is 0 Å². The van der Waals surface area contributed by atoms with Gasteiger partial charge >= 0.3 is 0 Å². The van der Waals surface area contributed by atoms with Crippen LogP contribution in [0, 0.1) is 0 Å². The predicted octanol–water partition coefficient (Wildman–Crippen LogP) is 3.84. The van der Waals surface area contributed by atoms with Gasteiger partial charge in [0.15, 0.2) is 0 Å². The van der Waals surface area contributed by atoms with Crippen molar-refractivity contribution in [1.82, 2.24) is 5.43 Å². The first-order chi connectivity index (χ1) is 10.7. The number of methoxy groups -OCH3 is 1. The third-order valence-electron chi connectivity index (χ3n) is 3.32. The quantitative estimate of drug-likeness (QED) is 0.930. The van der Waals surface area contributed by atoms with E-state index in [1.165, 1.54) is 0 Å². The van der Waals surface area contributed by atoms with E-state index >= 15 is 0 Å². The highest BCUT2D eigenvalue weighted by Gasteiger charge is 2.14. The van der Waals surface area contributed by atoms with E-state index in [0.717, 1.165) is 17.3 Å². The molecule has 1 N–H and O–H groups in total. The Morgan fingerprint density at radius 1 is 1.09 bits per heavy atom. The molecule has 5 nitrogen and oxygen atoms in total. The molecule has 1 heterocycles. The smallest absolute Gasteiger partial charge is 0.132 e. The Labute approximate surface area is 134 Å². The molecule has 0 amide bonds. The topological polar surface area (TPSA) is 46.1 Å². The molecule has 0 fully saturated rings. The average molecular weight is 318 g/mol.